The van der Waals surface area contributed by atoms with Crippen LogP contribution in [0.3, 0.4) is 0 Å². The Balaban J connectivity index is 2.41. The number of rotatable bonds is 3. The number of aryl methyl sites for hydroxylation is 1. The fraction of sp³-hybridized carbons (Fsp3) is 0.214. The lowest BCUT2D eigenvalue weighted by atomic mass is 10.0. The molecule has 0 radical (unpaired) electrons. The van der Waals surface area contributed by atoms with Gasteiger partial charge >= 0.3 is 0 Å². The van der Waals surface area contributed by atoms with E-state index in [1.807, 2.05) is 6.92 Å². The molecule has 2 aromatic rings. The SMILES string of the molecule is CCCc1ccc(-c2cnc(F)c(F)c2)c(F)c1. The minimum atomic E-state index is -1.18. The van der Waals surface area contributed by atoms with E-state index >= 15 is 0 Å². The Bertz CT molecular complexity index is 567. The third-order valence-corrected chi connectivity index (χ3v) is 2.68. The maximum absolute atomic E-state index is 13.8. The molecule has 0 aliphatic carbocycles. The van der Waals surface area contributed by atoms with E-state index < -0.39 is 17.6 Å². The smallest absolute Gasteiger partial charge is 0.225 e. The molecule has 0 amide bonds. The van der Waals surface area contributed by atoms with Crippen molar-refractivity contribution in [3.8, 4) is 11.1 Å². The number of halogens is 3. The molecule has 1 heterocycles. The van der Waals surface area contributed by atoms with Crippen LogP contribution in [0.5, 0.6) is 0 Å². The average Bonchev–Trinajstić information content (AvgIpc) is 2.34. The summed E-state index contributed by atoms with van der Waals surface area (Å²) < 4.78 is 39.6. The summed E-state index contributed by atoms with van der Waals surface area (Å²) in [5.74, 6) is -2.71. The molecule has 94 valence electrons. The van der Waals surface area contributed by atoms with Crippen molar-refractivity contribution in [1.29, 1.82) is 0 Å². The Morgan fingerprint density at radius 3 is 2.44 bits per heavy atom. The van der Waals surface area contributed by atoms with Crippen LogP contribution in [-0.2, 0) is 6.42 Å². The molecular formula is C14H12F3N. The standard InChI is InChI=1S/C14H12F3N/c1-2-3-9-4-5-11(12(15)6-9)10-7-13(16)14(17)18-8-10/h4-8H,2-3H2,1H3. The molecule has 0 spiro atoms. The Hall–Kier alpha value is -1.84. The van der Waals surface area contributed by atoms with Gasteiger partial charge in [0.1, 0.15) is 5.82 Å². The molecule has 4 heteroatoms. The second-order valence-electron chi connectivity index (χ2n) is 4.06. The van der Waals surface area contributed by atoms with Crippen LogP contribution in [0, 0.1) is 17.6 Å². The molecule has 0 unspecified atom stereocenters. The lowest BCUT2D eigenvalue weighted by Gasteiger charge is -2.06. The Labute approximate surface area is 103 Å². The van der Waals surface area contributed by atoms with Crippen molar-refractivity contribution in [3.63, 3.8) is 0 Å². The summed E-state index contributed by atoms with van der Waals surface area (Å²) in [6.45, 7) is 2.01. The van der Waals surface area contributed by atoms with Gasteiger partial charge in [-0.25, -0.2) is 13.8 Å². The van der Waals surface area contributed by atoms with Gasteiger partial charge in [-0.15, -0.1) is 0 Å². The van der Waals surface area contributed by atoms with Gasteiger partial charge in [0.05, 0.1) is 0 Å². The highest BCUT2D eigenvalue weighted by Crippen LogP contribution is 2.24. The first-order chi connectivity index (χ1) is 8.61. The molecule has 0 saturated carbocycles. The van der Waals surface area contributed by atoms with Gasteiger partial charge in [-0.05, 0) is 24.1 Å². The molecule has 0 fully saturated rings. The van der Waals surface area contributed by atoms with Crippen LogP contribution in [0.4, 0.5) is 13.2 Å². The lowest BCUT2D eigenvalue weighted by molar-refractivity contribution is 0.479. The van der Waals surface area contributed by atoms with Gasteiger partial charge in [0.15, 0.2) is 5.82 Å². The summed E-state index contributed by atoms with van der Waals surface area (Å²) in [7, 11) is 0. The van der Waals surface area contributed by atoms with E-state index in [9.17, 15) is 13.2 Å². The van der Waals surface area contributed by atoms with Crippen LogP contribution in [-0.4, -0.2) is 4.98 Å². The maximum Gasteiger partial charge on any atom is 0.248 e. The molecule has 18 heavy (non-hydrogen) atoms. The number of pyridine rings is 1. The van der Waals surface area contributed by atoms with Crippen LogP contribution in [0.25, 0.3) is 11.1 Å². The normalized spacial score (nSPS) is 10.7. The average molecular weight is 251 g/mol. The van der Waals surface area contributed by atoms with Crippen molar-refractivity contribution >= 4 is 0 Å². The van der Waals surface area contributed by atoms with E-state index in [0.717, 1.165) is 30.7 Å². The van der Waals surface area contributed by atoms with Crippen LogP contribution in [0.15, 0.2) is 30.5 Å². The molecule has 0 saturated heterocycles. The van der Waals surface area contributed by atoms with Crippen LogP contribution in [0.1, 0.15) is 18.9 Å². The van der Waals surface area contributed by atoms with Crippen molar-refractivity contribution in [1.82, 2.24) is 4.98 Å². The van der Waals surface area contributed by atoms with E-state index in [-0.39, 0.29) is 11.1 Å². The largest absolute Gasteiger partial charge is 0.248 e. The predicted molar refractivity (Wildman–Crippen MR) is 63.5 cm³/mol. The zero-order valence-electron chi connectivity index (χ0n) is 9.88. The fourth-order valence-corrected chi connectivity index (χ4v) is 1.81. The summed E-state index contributed by atoms with van der Waals surface area (Å²) >= 11 is 0. The van der Waals surface area contributed by atoms with E-state index in [1.54, 1.807) is 12.1 Å². The third-order valence-electron chi connectivity index (χ3n) is 2.68. The summed E-state index contributed by atoms with van der Waals surface area (Å²) in [6, 6.07) is 5.71. The van der Waals surface area contributed by atoms with Crippen molar-refractivity contribution in [2.45, 2.75) is 19.8 Å². The molecule has 0 bridgehead atoms. The van der Waals surface area contributed by atoms with Gasteiger partial charge in [-0.2, -0.15) is 4.39 Å². The van der Waals surface area contributed by atoms with Gasteiger partial charge in [-0.1, -0.05) is 25.5 Å². The van der Waals surface area contributed by atoms with Crippen molar-refractivity contribution in [2.75, 3.05) is 0 Å². The molecule has 0 aliphatic heterocycles. The Morgan fingerprint density at radius 2 is 1.83 bits per heavy atom. The first-order valence-electron chi connectivity index (χ1n) is 5.71. The monoisotopic (exact) mass is 251 g/mol. The number of hydrogen-bond donors (Lipinski definition) is 0. The highest BCUT2D eigenvalue weighted by atomic mass is 19.2. The summed E-state index contributed by atoms with van der Waals surface area (Å²) in [5.41, 5.74) is 1.34. The quantitative estimate of drug-likeness (QED) is 0.748. The van der Waals surface area contributed by atoms with E-state index in [2.05, 4.69) is 4.98 Å². The molecule has 0 N–H and O–H groups in total. The minimum Gasteiger partial charge on any atom is -0.225 e. The molecule has 1 aromatic carbocycles. The summed E-state index contributed by atoms with van der Waals surface area (Å²) in [5, 5.41) is 0. The van der Waals surface area contributed by atoms with E-state index in [1.165, 1.54) is 6.07 Å². The van der Waals surface area contributed by atoms with E-state index in [4.69, 9.17) is 0 Å². The van der Waals surface area contributed by atoms with Crippen LogP contribution >= 0.6 is 0 Å². The number of benzene rings is 1. The van der Waals surface area contributed by atoms with Crippen molar-refractivity contribution < 1.29 is 13.2 Å². The number of nitrogens with zero attached hydrogens (tertiary/aromatic N) is 1. The first-order valence-corrected chi connectivity index (χ1v) is 5.71. The Kier molecular flexibility index (Phi) is 3.65. The molecule has 2 rings (SSSR count). The molecular weight excluding hydrogens is 239 g/mol. The molecule has 1 aromatic heterocycles. The second kappa shape index (κ2) is 5.21. The topological polar surface area (TPSA) is 12.9 Å². The molecule has 0 aliphatic rings. The van der Waals surface area contributed by atoms with Gasteiger partial charge < -0.3 is 0 Å². The predicted octanol–water partition coefficient (Wildman–Crippen LogP) is 4.12. The van der Waals surface area contributed by atoms with Gasteiger partial charge in [0, 0.05) is 17.3 Å². The first kappa shape index (κ1) is 12.6. The highest BCUT2D eigenvalue weighted by Gasteiger charge is 2.10. The van der Waals surface area contributed by atoms with Crippen molar-refractivity contribution in [2.24, 2.45) is 0 Å². The van der Waals surface area contributed by atoms with Crippen LogP contribution < -0.4 is 0 Å². The zero-order valence-corrected chi connectivity index (χ0v) is 9.88. The Morgan fingerprint density at radius 1 is 1.06 bits per heavy atom. The third kappa shape index (κ3) is 2.53. The molecule has 0 atom stereocenters. The zero-order chi connectivity index (χ0) is 13.1. The summed E-state index contributed by atoms with van der Waals surface area (Å²) in [6.07, 6.45) is 2.83. The second-order valence-corrected chi connectivity index (χ2v) is 4.06. The number of hydrogen-bond acceptors (Lipinski definition) is 1. The van der Waals surface area contributed by atoms with Crippen LogP contribution in [0.2, 0.25) is 0 Å². The summed E-state index contributed by atoms with van der Waals surface area (Å²) in [4.78, 5) is 3.25. The maximum atomic E-state index is 13.8. The molecule has 1 nitrogen and oxygen atoms in total. The van der Waals surface area contributed by atoms with Gasteiger partial charge in [0.25, 0.3) is 0 Å². The van der Waals surface area contributed by atoms with Gasteiger partial charge in [0.2, 0.25) is 5.95 Å². The lowest BCUT2D eigenvalue weighted by Crippen LogP contribution is -1.93. The van der Waals surface area contributed by atoms with E-state index in [0.29, 0.717) is 0 Å². The fourth-order valence-electron chi connectivity index (χ4n) is 1.81. The highest BCUT2D eigenvalue weighted by molar-refractivity contribution is 5.63. The van der Waals surface area contributed by atoms with Crippen molar-refractivity contribution in [3.05, 3.63) is 53.6 Å². The van der Waals surface area contributed by atoms with Gasteiger partial charge in [-0.3, -0.25) is 0 Å². The minimum absolute atomic E-state index is 0.223. The number of aromatic nitrogens is 1.